The highest BCUT2D eigenvalue weighted by atomic mass is 19.4. The van der Waals surface area contributed by atoms with Crippen LogP contribution in [0.25, 0.3) is 11.4 Å². The summed E-state index contributed by atoms with van der Waals surface area (Å²) >= 11 is 0. The van der Waals surface area contributed by atoms with Crippen molar-refractivity contribution in [3.63, 3.8) is 0 Å². The second-order valence-corrected chi connectivity index (χ2v) is 6.83. The van der Waals surface area contributed by atoms with Gasteiger partial charge in [-0.2, -0.15) is 13.2 Å². The van der Waals surface area contributed by atoms with E-state index in [1.54, 1.807) is 18.5 Å². The van der Waals surface area contributed by atoms with Gasteiger partial charge < -0.3 is 9.47 Å². The lowest BCUT2D eigenvalue weighted by atomic mass is 10.1. The average Bonchev–Trinajstić information content (AvgIpc) is 2.80. The van der Waals surface area contributed by atoms with Crippen molar-refractivity contribution < 1.29 is 36.6 Å². The Bertz CT molecular complexity index is 1240. The lowest BCUT2D eigenvalue weighted by Crippen LogP contribution is -2.17. The van der Waals surface area contributed by atoms with Gasteiger partial charge in [0.15, 0.2) is 17.4 Å². The normalized spacial score (nSPS) is 10.9. The van der Waals surface area contributed by atoms with Crippen LogP contribution in [-0.4, -0.2) is 28.1 Å². The average molecular weight is 472 g/mol. The van der Waals surface area contributed by atoms with Crippen LogP contribution in [0.2, 0.25) is 0 Å². The van der Waals surface area contributed by atoms with Crippen LogP contribution in [0.1, 0.15) is 26.3 Å². The van der Waals surface area contributed by atoms with Crippen LogP contribution in [0.5, 0.6) is 5.75 Å². The molecule has 0 aliphatic carbocycles. The second-order valence-electron chi connectivity index (χ2n) is 6.83. The maximum atomic E-state index is 14.5. The second kappa shape index (κ2) is 10.1. The molecule has 174 valence electrons. The molecule has 1 aromatic heterocycles. The number of alkyl halides is 3. The van der Waals surface area contributed by atoms with Gasteiger partial charge in [-0.15, -0.1) is 6.58 Å². The summed E-state index contributed by atoms with van der Waals surface area (Å²) in [5.41, 5.74) is 0.882. The van der Waals surface area contributed by atoms with E-state index >= 15 is 0 Å². The molecule has 0 saturated heterocycles. The lowest BCUT2D eigenvalue weighted by molar-refractivity contribution is -0.122. The molecule has 0 aliphatic rings. The standard InChI is InChI=1S/C24H16F4N2O4/c1-3-4-15-12-29-21(30-13-15)18-9-10-20(19(25)11-18)34-23(32)17-7-5-16(6-8-17)22(31)33-14(2)24(26,27)28/h3,5-13H,1-2,4H2. The number of rotatable bonds is 7. The highest BCUT2D eigenvalue weighted by molar-refractivity contribution is 5.94. The molecular formula is C24H16F4N2O4. The van der Waals surface area contributed by atoms with Crippen LogP contribution < -0.4 is 4.74 Å². The van der Waals surface area contributed by atoms with Gasteiger partial charge in [0.25, 0.3) is 0 Å². The molecule has 3 aromatic rings. The lowest BCUT2D eigenvalue weighted by Gasteiger charge is -2.10. The Balaban J connectivity index is 1.67. The number of aromatic nitrogens is 2. The first-order chi connectivity index (χ1) is 16.1. The smallest absolute Gasteiger partial charge is 0.420 e. The van der Waals surface area contributed by atoms with Gasteiger partial charge >= 0.3 is 18.1 Å². The maximum absolute atomic E-state index is 14.5. The van der Waals surface area contributed by atoms with Crippen molar-refractivity contribution in [2.24, 2.45) is 0 Å². The van der Waals surface area contributed by atoms with E-state index in [9.17, 15) is 27.2 Å². The molecule has 0 N–H and O–H groups in total. The van der Waals surface area contributed by atoms with E-state index in [4.69, 9.17) is 4.74 Å². The highest BCUT2D eigenvalue weighted by Crippen LogP contribution is 2.26. The molecule has 0 spiro atoms. The first-order valence-corrected chi connectivity index (χ1v) is 9.60. The zero-order valence-corrected chi connectivity index (χ0v) is 17.4. The number of hydrogen-bond donors (Lipinski definition) is 0. The number of ether oxygens (including phenoxy) is 2. The molecule has 0 bridgehead atoms. The third-order valence-electron chi connectivity index (χ3n) is 4.37. The van der Waals surface area contributed by atoms with Gasteiger partial charge in [-0.3, -0.25) is 0 Å². The number of benzene rings is 2. The first kappa shape index (κ1) is 24.3. The predicted octanol–water partition coefficient (Wildman–Crippen LogP) is 5.46. The van der Waals surface area contributed by atoms with Crippen molar-refractivity contribution in [1.82, 2.24) is 9.97 Å². The van der Waals surface area contributed by atoms with E-state index in [1.165, 1.54) is 12.1 Å². The van der Waals surface area contributed by atoms with Crippen LogP contribution in [0.4, 0.5) is 17.6 Å². The summed E-state index contributed by atoms with van der Waals surface area (Å²) in [4.78, 5) is 32.4. The van der Waals surface area contributed by atoms with Crippen LogP contribution in [0.15, 0.2) is 79.9 Å². The molecule has 10 heteroatoms. The van der Waals surface area contributed by atoms with E-state index in [2.05, 4.69) is 27.9 Å². The van der Waals surface area contributed by atoms with Crippen LogP contribution in [0.3, 0.4) is 0 Å². The number of carbonyl (C=O) groups excluding carboxylic acids is 2. The molecule has 6 nitrogen and oxygen atoms in total. The van der Waals surface area contributed by atoms with Gasteiger partial charge in [0.05, 0.1) is 11.1 Å². The summed E-state index contributed by atoms with van der Waals surface area (Å²) in [5.74, 6) is -4.84. The topological polar surface area (TPSA) is 78.4 Å². The minimum absolute atomic E-state index is 0.0733. The molecule has 0 saturated carbocycles. The molecule has 0 aliphatic heterocycles. The third-order valence-corrected chi connectivity index (χ3v) is 4.37. The number of hydrogen-bond acceptors (Lipinski definition) is 6. The highest BCUT2D eigenvalue weighted by Gasteiger charge is 2.35. The first-order valence-electron chi connectivity index (χ1n) is 9.60. The summed E-state index contributed by atoms with van der Waals surface area (Å²) in [7, 11) is 0. The van der Waals surface area contributed by atoms with Crippen LogP contribution >= 0.6 is 0 Å². The van der Waals surface area contributed by atoms with Crippen molar-refractivity contribution in [3.05, 3.63) is 102 Å². The Hall–Kier alpha value is -4.34. The van der Waals surface area contributed by atoms with Crippen LogP contribution in [-0.2, 0) is 11.2 Å². The fraction of sp³-hybridized carbons (Fsp3) is 0.0833. The van der Waals surface area contributed by atoms with Crippen molar-refractivity contribution >= 4 is 11.9 Å². The molecule has 0 unspecified atom stereocenters. The number of carbonyl (C=O) groups is 2. The Morgan fingerprint density at radius 1 is 0.971 bits per heavy atom. The van der Waals surface area contributed by atoms with E-state index in [-0.39, 0.29) is 22.7 Å². The number of allylic oxidation sites excluding steroid dienone is 2. The zero-order valence-electron chi connectivity index (χ0n) is 17.4. The summed E-state index contributed by atoms with van der Waals surface area (Å²) in [5, 5.41) is 0. The Kier molecular flexibility index (Phi) is 7.20. The van der Waals surface area contributed by atoms with Gasteiger partial charge in [-0.1, -0.05) is 12.7 Å². The molecule has 0 fully saturated rings. The molecule has 0 radical (unpaired) electrons. The molecule has 0 atom stereocenters. The molecule has 34 heavy (non-hydrogen) atoms. The van der Waals surface area contributed by atoms with Crippen molar-refractivity contribution in [1.29, 1.82) is 0 Å². The van der Waals surface area contributed by atoms with Gasteiger partial charge in [-0.25, -0.2) is 23.9 Å². The van der Waals surface area contributed by atoms with E-state index in [1.807, 2.05) is 0 Å². The number of nitrogens with zero attached hydrogens (tertiary/aromatic N) is 2. The fourth-order valence-corrected chi connectivity index (χ4v) is 2.63. The SMILES string of the molecule is C=CCc1cnc(-c2ccc(OC(=O)c3ccc(C(=O)OC(=C)C(F)(F)F)cc3)c(F)c2)nc1. The predicted molar refractivity (Wildman–Crippen MR) is 113 cm³/mol. The minimum Gasteiger partial charge on any atom is -0.420 e. The van der Waals surface area contributed by atoms with Gasteiger partial charge in [0.1, 0.15) is 0 Å². The minimum atomic E-state index is -4.89. The monoisotopic (exact) mass is 472 g/mol. The molecule has 2 aromatic carbocycles. The van der Waals surface area contributed by atoms with Gasteiger partial charge in [0.2, 0.25) is 5.76 Å². The van der Waals surface area contributed by atoms with Gasteiger partial charge in [0, 0.05) is 18.0 Å². The number of halogens is 4. The zero-order chi connectivity index (χ0) is 24.9. The Morgan fingerprint density at radius 3 is 2.09 bits per heavy atom. The Morgan fingerprint density at radius 2 is 1.56 bits per heavy atom. The summed E-state index contributed by atoms with van der Waals surface area (Å²) < 4.78 is 60.9. The summed E-state index contributed by atoms with van der Waals surface area (Å²) in [6.07, 6.45) is 0.586. The largest absolute Gasteiger partial charge is 0.449 e. The molecule has 3 rings (SSSR count). The Labute approximate surface area is 191 Å². The third kappa shape index (κ3) is 5.91. The fourth-order valence-electron chi connectivity index (χ4n) is 2.63. The molecule has 1 heterocycles. The number of esters is 2. The summed E-state index contributed by atoms with van der Waals surface area (Å²) in [6, 6.07) is 8.20. The quantitative estimate of drug-likeness (QED) is 0.149. The van der Waals surface area contributed by atoms with Crippen molar-refractivity contribution in [2.75, 3.05) is 0 Å². The summed E-state index contributed by atoms with van der Waals surface area (Å²) in [6.45, 7) is 6.27. The van der Waals surface area contributed by atoms with E-state index in [0.717, 1.165) is 35.9 Å². The van der Waals surface area contributed by atoms with Crippen molar-refractivity contribution in [3.8, 4) is 17.1 Å². The maximum Gasteiger partial charge on any atom is 0.449 e. The van der Waals surface area contributed by atoms with Crippen LogP contribution in [0, 0.1) is 5.82 Å². The van der Waals surface area contributed by atoms with Crippen molar-refractivity contribution in [2.45, 2.75) is 12.6 Å². The molecular weight excluding hydrogens is 456 g/mol. The molecule has 0 amide bonds. The van der Waals surface area contributed by atoms with E-state index in [0.29, 0.717) is 12.0 Å². The van der Waals surface area contributed by atoms with Gasteiger partial charge in [-0.05, 0) is 54.4 Å². The van der Waals surface area contributed by atoms with E-state index < -0.39 is 29.7 Å².